The van der Waals surface area contributed by atoms with Gasteiger partial charge < -0.3 is 14.2 Å². The summed E-state index contributed by atoms with van der Waals surface area (Å²) in [7, 11) is 2.84. The van der Waals surface area contributed by atoms with Crippen LogP contribution in [0.15, 0.2) is 30.3 Å². The van der Waals surface area contributed by atoms with E-state index < -0.39 is 5.97 Å². The van der Waals surface area contributed by atoms with Crippen LogP contribution in [-0.4, -0.2) is 27.0 Å². The average Bonchev–Trinajstić information content (AvgIpc) is 2.68. The van der Waals surface area contributed by atoms with Crippen LogP contribution in [0.2, 0.25) is 5.02 Å². The van der Waals surface area contributed by atoms with Crippen LogP contribution < -0.4 is 4.74 Å². The van der Waals surface area contributed by atoms with E-state index in [4.69, 9.17) is 21.1 Å². The van der Waals surface area contributed by atoms with Gasteiger partial charge in [0.1, 0.15) is 11.6 Å². The van der Waals surface area contributed by atoms with Crippen LogP contribution in [0.3, 0.4) is 0 Å². The van der Waals surface area contributed by atoms with Crippen molar-refractivity contribution in [1.29, 1.82) is 0 Å². The highest BCUT2D eigenvalue weighted by atomic mass is 35.5. The molecule has 0 heterocycles. The van der Waals surface area contributed by atoms with E-state index in [9.17, 15) is 4.79 Å². The van der Waals surface area contributed by atoms with Crippen molar-refractivity contribution < 1.29 is 23.4 Å². The van der Waals surface area contributed by atoms with E-state index in [-0.39, 0.29) is 18.5 Å². The number of hydrogen-bond donors (Lipinski definition) is 0. The van der Waals surface area contributed by atoms with Gasteiger partial charge in [0, 0.05) is 30.2 Å². The topological polar surface area (TPSA) is 44.8 Å². The molecule has 0 atom stereocenters. The minimum Gasteiger partial charge on any atom is -0.467 e. The predicted molar refractivity (Wildman–Crippen MR) is 113 cm³/mol. The van der Waals surface area contributed by atoms with Gasteiger partial charge >= 0.3 is 5.97 Å². The number of aryl methyl sites for hydroxylation is 1. The summed E-state index contributed by atoms with van der Waals surface area (Å²) in [6.45, 7) is 5.81. The molecule has 4 nitrogen and oxygen atoms in total. The fourth-order valence-electron chi connectivity index (χ4n) is 3.09. The zero-order valence-electron chi connectivity index (χ0n) is 17.3. The lowest BCUT2D eigenvalue weighted by atomic mass is 9.93. The molecule has 0 saturated carbocycles. The zero-order valence-corrected chi connectivity index (χ0v) is 18.1. The van der Waals surface area contributed by atoms with Crippen LogP contribution in [0.5, 0.6) is 5.75 Å². The third kappa shape index (κ3) is 5.81. The highest BCUT2D eigenvalue weighted by Crippen LogP contribution is 2.34. The highest BCUT2D eigenvalue weighted by molar-refractivity contribution is 6.31. The SMILES string of the molecule is COCOc1ccc(Cc2c(C)cc(/C=C/C(=O)OC)cc2Cl)c(F)c1C(C)C. The summed E-state index contributed by atoms with van der Waals surface area (Å²) in [5.74, 6) is -0.306. The average molecular weight is 421 g/mol. The first-order valence-corrected chi connectivity index (χ1v) is 9.64. The number of benzene rings is 2. The Kier molecular flexibility index (Phi) is 8.23. The summed E-state index contributed by atoms with van der Waals surface area (Å²) in [5.41, 5.74) is 3.58. The fraction of sp³-hybridized carbons (Fsp3) is 0.348. The Hall–Kier alpha value is -2.37. The van der Waals surface area contributed by atoms with Crippen molar-refractivity contribution in [2.75, 3.05) is 21.0 Å². The summed E-state index contributed by atoms with van der Waals surface area (Å²) in [6.07, 6.45) is 3.31. The first kappa shape index (κ1) is 22.9. The lowest BCUT2D eigenvalue weighted by molar-refractivity contribution is -0.134. The van der Waals surface area contributed by atoms with Crippen LogP contribution in [0.1, 0.15) is 47.6 Å². The Labute approximate surface area is 176 Å². The maximum absolute atomic E-state index is 15.3. The van der Waals surface area contributed by atoms with E-state index in [1.54, 1.807) is 24.3 Å². The van der Waals surface area contributed by atoms with E-state index in [1.165, 1.54) is 20.3 Å². The molecule has 156 valence electrons. The summed E-state index contributed by atoms with van der Waals surface area (Å²) in [4.78, 5) is 11.3. The molecule has 0 aliphatic heterocycles. The molecule has 6 heteroatoms. The number of halogens is 2. The molecule has 0 unspecified atom stereocenters. The summed E-state index contributed by atoms with van der Waals surface area (Å²) in [5, 5.41) is 0.514. The van der Waals surface area contributed by atoms with E-state index in [2.05, 4.69) is 4.74 Å². The van der Waals surface area contributed by atoms with Gasteiger partial charge in [-0.2, -0.15) is 0 Å². The molecule has 0 radical (unpaired) electrons. The van der Waals surface area contributed by atoms with Gasteiger partial charge in [-0.15, -0.1) is 0 Å². The number of ether oxygens (including phenoxy) is 3. The summed E-state index contributed by atoms with van der Waals surface area (Å²) < 4.78 is 30.3. The lowest BCUT2D eigenvalue weighted by Crippen LogP contribution is -2.07. The smallest absolute Gasteiger partial charge is 0.330 e. The second-order valence-electron chi connectivity index (χ2n) is 6.99. The molecule has 0 amide bonds. The number of hydrogen-bond acceptors (Lipinski definition) is 4. The van der Waals surface area contributed by atoms with Gasteiger partial charge in [-0.3, -0.25) is 0 Å². The quantitative estimate of drug-likeness (QED) is 0.313. The number of carbonyl (C=O) groups excluding carboxylic acids is 1. The molecular weight excluding hydrogens is 395 g/mol. The van der Waals surface area contributed by atoms with Crippen molar-refractivity contribution in [2.45, 2.75) is 33.1 Å². The van der Waals surface area contributed by atoms with E-state index >= 15 is 4.39 Å². The molecule has 2 aromatic carbocycles. The Balaban J connectivity index is 2.37. The molecule has 0 aromatic heterocycles. The Morgan fingerprint density at radius 2 is 1.97 bits per heavy atom. The maximum Gasteiger partial charge on any atom is 0.330 e. The molecule has 29 heavy (non-hydrogen) atoms. The molecular formula is C23H26ClFO4. The number of esters is 1. The van der Waals surface area contributed by atoms with Crippen LogP contribution in [0, 0.1) is 12.7 Å². The number of rotatable bonds is 8. The molecule has 2 rings (SSSR count). The van der Waals surface area contributed by atoms with Gasteiger partial charge in [-0.1, -0.05) is 37.6 Å². The molecule has 2 aromatic rings. The molecule has 0 aliphatic carbocycles. The third-order valence-electron chi connectivity index (χ3n) is 4.55. The first-order chi connectivity index (χ1) is 13.8. The lowest BCUT2D eigenvalue weighted by Gasteiger charge is -2.18. The molecule has 0 N–H and O–H groups in total. The molecule has 0 aliphatic rings. The van der Waals surface area contributed by atoms with Gasteiger partial charge in [0.15, 0.2) is 6.79 Å². The Morgan fingerprint density at radius 1 is 1.24 bits per heavy atom. The minimum absolute atomic E-state index is 0.0517. The number of carbonyl (C=O) groups is 1. The molecule has 0 bridgehead atoms. The summed E-state index contributed by atoms with van der Waals surface area (Å²) >= 11 is 6.47. The monoisotopic (exact) mass is 420 g/mol. The van der Waals surface area contributed by atoms with Crippen molar-refractivity contribution in [2.24, 2.45) is 0 Å². The highest BCUT2D eigenvalue weighted by Gasteiger charge is 2.19. The van der Waals surface area contributed by atoms with Gasteiger partial charge in [0.2, 0.25) is 0 Å². The van der Waals surface area contributed by atoms with Gasteiger partial charge in [0.25, 0.3) is 0 Å². The Morgan fingerprint density at radius 3 is 2.55 bits per heavy atom. The van der Waals surface area contributed by atoms with Gasteiger partial charge in [-0.05, 0) is 53.3 Å². The molecule has 0 saturated heterocycles. The first-order valence-electron chi connectivity index (χ1n) is 9.26. The van der Waals surface area contributed by atoms with E-state index in [1.807, 2.05) is 26.8 Å². The Bertz CT molecular complexity index is 883. The van der Waals surface area contributed by atoms with E-state index in [0.717, 1.165) is 16.7 Å². The van der Waals surface area contributed by atoms with Gasteiger partial charge in [0.05, 0.1) is 7.11 Å². The van der Waals surface area contributed by atoms with Crippen molar-refractivity contribution >= 4 is 23.6 Å². The minimum atomic E-state index is -0.443. The van der Waals surface area contributed by atoms with Crippen molar-refractivity contribution in [3.8, 4) is 5.75 Å². The third-order valence-corrected chi connectivity index (χ3v) is 4.89. The normalized spacial score (nSPS) is 11.3. The molecule has 0 fully saturated rings. The second kappa shape index (κ2) is 10.4. The second-order valence-corrected chi connectivity index (χ2v) is 7.39. The zero-order chi connectivity index (χ0) is 21.6. The molecule has 0 spiro atoms. The van der Waals surface area contributed by atoms with Gasteiger partial charge in [-0.25, -0.2) is 9.18 Å². The van der Waals surface area contributed by atoms with Crippen molar-refractivity contribution in [3.05, 3.63) is 69.0 Å². The van der Waals surface area contributed by atoms with Crippen LogP contribution in [-0.2, 0) is 20.7 Å². The summed E-state index contributed by atoms with van der Waals surface area (Å²) in [6, 6.07) is 7.13. The van der Waals surface area contributed by atoms with Crippen LogP contribution >= 0.6 is 11.6 Å². The standard InChI is InChI=1S/C23H26ClFO4/c1-14(2)22-20(29-13-27-4)8-7-17(23(22)25)12-18-15(3)10-16(11-19(18)24)6-9-21(26)28-5/h6-11,14H,12-13H2,1-5H3/b9-6+. The van der Waals surface area contributed by atoms with Crippen LogP contribution in [0.4, 0.5) is 4.39 Å². The maximum atomic E-state index is 15.3. The van der Waals surface area contributed by atoms with Crippen molar-refractivity contribution in [1.82, 2.24) is 0 Å². The number of methoxy groups -OCH3 is 2. The largest absolute Gasteiger partial charge is 0.467 e. The van der Waals surface area contributed by atoms with E-state index in [0.29, 0.717) is 28.3 Å². The van der Waals surface area contributed by atoms with Crippen LogP contribution in [0.25, 0.3) is 6.08 Å². The van der Waals surface area contributed by atoms with Crippen molar-refractivity contribution in [3.63, 3.8) is 0 Å². The predicted octanol–water partition coefficient (Wildman–Crippen LogP) is 5.67. The fourth-order valence-corrected chi connectivity index (χ4v) is 3.43.